The predicted molar refractivity (Wildman–Crippen MR) is 83.7 cm³/mol. The Bertz CT molecular complexity index is 388. The Hall–Kier alpha value is -0.900. The van der Waals surface area contributed by atoms with Gasteiger partial charge in [-0.25, -0.2) is 0 Å². The largest absolute Gasteiger partial charge is 0.380 e. The molecule has 1 aliphatic rings. The van der Waals surface area contributed by atoms with E-state index in [2.05, 4.69) is 48.3 Å². The van der Waals surface area contributed by atoms with E-state index in [1.165, 1.54) is 11.1 Å². The van der Waals surface area contributed by atoms with Gasteiger partial charge in [-0.1, -0.05) is 38.1 Å². The third-order valence-electron chi connectivity index (χ3n) is 3.87. The van der Waals surface area contributed by atoms with Crippen LogP contribution < -0.4 is 5.32 Å². The summed E-state index contributed by atoms with van der Waals surface area (Å²) in [7, 11) is 1.81. The molecule has 1 saturated heterocycles. The second-order valence-corrected chi connectivity index (χ2v) is 6.22. The zero-order valence-electron chi connectivity index (χ0n) is 13.1. The van der Waals surface area contributed by atoms with Crippen LogP contribution in [0.15, 0.2) is 24.3 Å². The van der Waals surface area contributed by atoms with Gasteiger partial charge < -0.3 is 10.1 Å². The molecule has 3 heteroatoms. The minimum atomic E-state index is 0.425. The van der Waals surface area contributed by atoms with Crippen LogP contribution in [0.1, 0.15) is 31.4 Å². The van der Waals surface area contributed by atoms with Crippen LogP contribution in [0.2, 0.25) is 0 Å². The maximum Gasteiger partial charge on any atom is 0.0710 e. The number of hydrogen-bond acceptors (Lipinski definition) is 3. The first-order valence-corrected chi connectivity index (χ1v) is 7.71. The SMILES string of the molecule is COC1CCN(Cc2ccc(CNCC(C)C)cc2)C1. The zero-order chi connectivity index (χ0) is 14.4. The molecule has 1 heterocycles. The molecule has 112 valence electrons. The van der Waals surface area contributed by atoms with Gasteiger partial charge in [0.1, 0.15) is 0 Å². The van der Waals surface area contributed by atoms with Crippen molar-refractivity contribution in [2.45, 2.75) is 39.5 Å². The normalized spacial score (nSPS) is 19.9. The highest BCUT2D eigenvalue weighted by atomic mass is 16.5. The number of likely N-dealkylation sites (tertiary alicyclic amines) is 1. The molecule has 0 aliphatic carbocycles. The van der Waals surface area contributed by atoms with E-state index >= 15 is 0 Å². The molecular weight excluding hydrogens is 248 g/mol. The summed E-state index contributed by atoms with van der Waals surface area (Å²) in [5, 5.41) is 3.48. The van der Waals surface area contributed by atoms with Crippen LogP contribution in [0.3, 0.4) is 0 Å². The maximum atomic E-state index is 5.41. The van der Waals surface area contributed by atoms with Gasteiger partial charge in [-0.2, -0.15) is 0 Å². The number of hydrogen-bond donors (Lipinski definition) is 1. The Morgan fingerprint density at radius 2 is 1.95 bits per heavy atom. The summed E-state index contributed by atoms with van der Waals surface area (Å²) in [6, 6.07) is 9.00. The highest BCUT2D eigenvalue weighted by molar-refractivity contribution is 5.22. The van der Waals surface area contributed by atoms with Crippen molar-refractivity contribution in [3.63, 3.8) is 0 Å². The van der Waals surface area contributed by atoms with E-state index in [0.29, 0.717) is 12.0 Å². The highest BCUT2D eigenvalue weighted by Gasteiger charge is 2.21. The van der Waals surface area contributed by atoms with E-state index in [-0.39, 0.29) is 0 Å². The summed E-state index contributed by atoms with van der Waals surface area (Å²) in [5.41, 5.74) is 2.76. The molecule has 0 saturated carbocycles. The second kappa shape index (κ2) is 7.77. The predicted octanol–water partition coefficient (Wildman–Crippen LogP) is 2.65. The molecule has 1 fully saturated rings. The molecule has 2 rings (SSSR count). The van der Waals surface area contributed by atoms with Crippen molar-refractivity contribution in [3.8, 4) is 0 Å². The Morgan fingerprint density at radius 3 is 2.55 bits per heavy atom. The van der Waals surface area contributed by atoms with E-state index in [1.54, 1.807) is 0 Å². The standard InChI is InChI=1S/C17H28N2O/c1-14(2)10-18-11-15-4-6-16(7-5-15)12-19-9-8-17(13-19)20-3/h4-7,14,17-18H,8-13H2,1-3H3. The lowest BCUT2D eigenvalue weighted by atomic mass is 10.1. The van der Waals surface area contributed by atoms with Crippen LogP contribution in [0, 0.1) is 5.92 Å². The van der Waals surface area contributed by atoms with E-state index in [0.717, 1.165) is 39.1 Å². The number of nitrogens with zero attached hydrogens (tertiary/aromatic N) is 1. The van der Waals surface area contributed by atoms with Crippen molar-refractivity contribution in [2.24, 2.45) is 5.92 Å². The van der Waals surface area contributed by atoms with Gasteiger partial charge in [0, 0.05) is 33.3 Å². The average Bonchev–Trinajstić information content (AvgIpc) is 2.88. The van der Waals surface area contributed by atoms with Crippen LogP contribution in [-0.2, 0) is 17.8 Å². The van der Waals surface area contributed by atoms with E-state index < -0.39 is 0 Å². The van der Waals surface area contributed by atoms with Crippen molar-refractivity contribution >= 4 is 0 Å². The summed E-state index contributed by atoms with van der Waals surface area (Å²) in [6.07, 6.45) is 1.59. The molecule has 1 aromatic carbocycles. The van der Waals surface area contributed by atoms with Crippen molar-refractivity contribution in [2.75, 3.05) is 26.7 Å². The summed E-state index contributed by atoms with van der Waals surface area (Å²) >= 11 is 0. The van der Waals surface area contributed by atoms with Crippen molar-refractivity contribution < 1.29 is 4.74 Å². The summed E-state index contributed by atoms with van der Waals surface area (Å²) in [6.45, 7) is 9.77. The minimum absolute atomic E-state index is 0.425. The maximum absolute atomic E-state index is 5.41. The quantitative estimate of drug-likeness (QED) is 0.828. The second-order valence-electron chi connectivity index (χ2n) is 6.22. The molecule has 1 atom stereocenters. The summed E-state index contributed by atoms with van der Waals surface area (Å²) in [4.78, 5) is 2.47. The molecule has 0 radical (unpaired) electrons. The van der Waals surface area contributed by atoms with Crippen molar-refractivity contribution in [3.05, 3.63) is 35.4 Å². The van der Waals surface area contributed by atoms with E-state index in [1.807, 2.05) is 7.11 Å². The smallest absolute Gasteiger partial charge is 0.0710 e. The molecule has 0 amide bonds. The fourth-order valence-corrected chi connectivity index (χ4v) is 2.66. The van der Waals surface area contributed by atoms with Gasteiger partial charge in [-0.05, 0) is 30.0 Å². The fraction of sp³-hybridized carbons (Fsp3) is 0.647. The van der Waals surface area contributed by atoms with Crippen molar-refractivity contribution in [1.82, 2.24) is 10.2 Å². The number of benzene rings is 1. The van der Waals surface area contributed by atoms with Crippen molar-refractivity contribution in [1.29, 1.82) is 0 Å². The molecular formula is C17H28N2O. The molecule has 0 spiro atoms. The molecule has 1 aromatic rings. The average molecular weight is 276 g/mol. The Morgan fingerprint density at radius 1 is 1.25 bits per heavy atom. The Labute approximate surface area is 123 Å². The molecule has 3 nitrogen and oxygen atoms in total. The molecule has 1 N–H and O–H groups in total. The minimum Gasteiger partial charge on any atom is -0.380 e. The lowest BCUT2D eigenvalue weighted by molar-refractivity contribution is 0.107. The Kier molecular flexibility index (Phi) is 6.02. The number of nitrogens with one attached hydrogen (secondary N) is 1. The van der Waals surface area contributed by atoms with Crippen LogP contribution >= 0.6 is 0 Å². The third-order valence-corrected chi connectivity index (χ3v) is 3.87. The summed E-state index contributed by atoms with van der Waals surface area (Å²) in [5.74, 6) is 0.707. The highest BCUT2D eigenvalue weighted by Crippen LogP contribution is 2.15. The van der Waals surface area contributed by atoms with Gasteiger partial charge in [-0.3, -0.25) is 4.90 Å². The molecule has 0 bridgehead atoms. The zero-order valence-corrected chi connectivity index (χ0v) is 13.1. The third kappa shape index (κ3) is 4.89. The topological polar surface area (TPSA) is 24.5 Å². The number of methoxy groups -OCH3 is 1. The monoisotopic (exact) mass is 276 g/mol. The van der Waals surface area contributed by atoms with E-state index in [4.69, 9.17) is 4.74 Å². The first kappa shape index (κ1) is 15.5. The van der Waals surface area contributed by atoms with Gasteiger partial charge in [0.05, 0.1) is 6.10 Å². The van der Waals surface area contributed by atoms with Crippen LogP contribution in [0.4, 0.5) is 0 Å². The molecule has 1 unspecified atom stereocenters. The van der Waals surface area contributed by atoms with Crippen LogP contribution in [0.25, 0.3) is 0 Å². The lowest BCUT2D eigenvalue weighted by Crippen LogP contribution is -2.22. The molecule has 1 aliphatic heterocycles. The lowest BCUT2D eigenvalue weighted by Gasteiger charge is -2.16. The van der Waals surface area contributed by atoms with Gasteiger partial charge >= 0.3 is 0 Å². The molecule has 20 heavy (non-hydrogen) atoms. The van der Waals surface area contributed by atoms with Gasteiger partial charge in [0.15, 0.2) is 0 Å². The van der Waals surface area contributed by atoms with Crippen LogP contribution in [0.5, 0.6) is 0 Å². The van der Waals surface area contributed by atoms with Gasteiger partial charge in [0.25, 0.3) is 0 Å². The first-order valence-electron chi connectivity index (χ1n) is 7.71. The van der Waals surface area contributed by atoms with Gasteiger partial charge in [-0.15, -0.1) is 0 Å². The first-order chi connectivity index (χ1) is 9.67. The molecule has 0 aromatic heterocycles. The van der Waals surface area contributed by atoms with E-state index in [9.17, 15) is 0 Å². The fourth-order valence-electron chi connectivity index (χ4n) is 2.66. The summed E-state index contributed by atoms with van der Waals surface area (Å²) < 4.78 is 5.41. The Balaban J connectivity index is 1.77. The number of rotatable bonds is 7. The number of ether oxygens (including phenoxy) is 1. The van der Waals surface area contributed by atoms with Gasteiger partial charge in [0.2, 0.25) is 0 Å². The van der Waals surface area contributed by atoms with Crippen LogP contribution in [-0.4, -0.2) is 37.7 Å².